The van der Waals surface area contributed by atoms with Crippen molar-refractivity contribution in [2.24, 2.45) is 0 Å². The van der Waals surface area contributed by atoms with Crippen molar-refractivity contribution >= 4 is 29.2 Å². The number of esters is 1. The van der Waals surface area contributed by atoms with Gasteiger partial charge in [0.05, 0.1) is 18.5 Å². The fraction of sp³-hybridized carbons (Fsp3) is 0.182. The molecule has 0 spiro atoms. The fourth-order valence-corrected chi connectivity index (χ4v) is 1.61. The van der Waals surface area contributed by atoms with Crippen molar-refractivity contribution in [1.82, 2.24) is 0 Å². The van der Waals surface area contributed by atoms with Gasteiger partial charge in [0, 0.05) is 0 Å². The highest BCUT2D eigenvalue weighted by Crippen LogP contribution is 2.28. The summed E-state index contributed by atoms with van der Waals surface area (Å²) in [6.07, 6.45) is 0. The number of nitrogens with zero attached hydrogens (tertiary/aromatic N) is 1. The molecule has 1 aromatic rings. The lowest BCUT2D eigenvalue weighted by Gasteiger charge is -2.27. The lowest BCUT2D eigenvalue weighted by Crippen LogP contribution is -2.45. The monoisotopic (exact) mass is 234 g/mol. The largest absolute Gasteiger partial charge is 0.462 e. The van der Waals surface area contributed by atoms with Crippen molar-refractivity contribution in [1.29, 1.82) is 0 Å². The van der Waals surface area contributed by atoms with E-state index >= 15 is 0 Å². The zero-order valence-corrected chi connectivity index (χ0v) is 9.10. The molecule has 0 aliphatic carbocycles. The average Bonchev–Trinajstić information content (AvgIpc) is 2.35. The average molecular weight is 234 g/mol. The van der Waals surface area contributed by atoms with Crippen molar-refractivity contribution in [3.63, 3.8) is 0 Å². The third-order valence-electron chi connectivity index (χ3n) is 2.38. The minimum Gasteiger partial charge on any atom is -0.462 e. The standard InChI is InChI=1S/C11H10N2O4/c1-17-11(16)10(15)13-6-9(14)12-7-4-2-3-5-8(7)13/h2-5H,6H2,1H3,(H,12,14). The Balaban J connectivity index is 2.39. The zero-order chi connectivity index (χ0) is 12.4. The molecule has 0 atom stereocenters. The van der Waals surface area contributed by atoms with Gasteiger partial charge in [-0.15, -0.1) is 0 Å². The van der Waals surface area contributed by atoms with E-state index in [1.807, 2.05) is 0 Å². The number of carbonyl (C=O) groups is 3. The van der Waals surface area contributed by atoms with Crippen molar-refractivity contribution in [2.75, 3.05) is 23.9 Å². The normalized spacial score (nSPS) is 13.7. The second-order valence-corrected chi connectivity index (χ2v) is 3.45. The highest BCUT2D eigenvalue weighted by molar-refractivity contribution is 6.39. The van der Waals surface area contributed by atoms with Crippen LogP contribution in [0.25, 0.3) is 0 Å². The number of hydrogen-bond acceptors (Lipinski definition) is 4. The lowest BCUT2D eigenvalue weighted by atomic mass is 10.2. The molecular formula is C11H10N2O4. The molecule has 0 unspecified atom stereocenters. The lowest BCUT2D eigenvalue weighted by molar-refractivity contribution is -0.151. The molecule has 2 rings (SSSR count). The molecule has 0 aromatic heterocycles. The van der Waals surface area contributed by atoms with Crippen molar-refractivity contribution in [3.05, 3.63) is 24.3 Å². The van der Waals surface area contributed by atoms with Crippen LogP contribution in [-0.2, 0) is 19.1 Å². The van der Waals surface area contributed by atoms with Gasteiger partial charge in [-0.25, -0.2) is 4.79 Å². The summed E-state index contributed by atoms with van der Waals surface area (Å²) in [5.74, 6) is -2.19. The minimum atomic E-state index is -0.991. The van der Waals surface area contributed by atoms with E-state index < -0.39 is 11.9 Å². The highest BCUT2D eigenvalue weighted by atomic mass is 16.5. The van der Waals surface area contributed by atoms with Crippen molar-refractivity contribution < 1.29 is 19.1 Å². The molecule has 0 saturated carbocycles. The third-order valence-corrected chi connectivity index (χ3v) is 2.38. The third kappa shape index (κ3) is 1.96. The predicted octanol–water partition coefficient (Wildman–Crippen LogP) is 0.145. The van der Waals surface area contributed by atoms with Crippen LogP contribution >= 0.6 is 0 Å². The van der Waals surface area contributed by atoms with Gasteiger partial charge in [-0.3, -0.25) is 14.5 Å². The van der Waals surface area contributed by atoms with Gasteiger partial charge in [-0.1, -0.05) is 12.1 Å². The van der Waals surface area contributed by atoms with E-state index in [-0.39, 0.29) is 12.5 Å². The zero-order valence-electron chi connectivity index (χ0n) is 9.10. The number of amides is 2. The van der Waals surface area contributed by atoms with Crippen LogP contribution in [0.2, 0.25) is 0 Å². The second kappa shape index (κ2) is 4.25. The van der Waals surface area contributed by atoms with Crippen LogP contribution in [0.15, 0.2) is 24.3 Å². The van der Waals surface area contributed by atoms with E-state index in [2.05, 4.69) is 10.1 Å². The van der Waals surface area contributed by atoms with E-state index in [4.69, 9.17) is 0 Å². The summed E-state index contributed by atoms with van der Waals surface area (Å²) in [5, 5.41) is 2.62. The Bertz CT molecular complexity index is 498. The van der Waals surface area contributed by atoms with Crippen LogP contribution in [-0.4, -0.2) is 31.4 Å². The smallest absolute Gasteiger partial charge is 0.397 e. The summed E-state index contributed by atoms with van der Waals surface area (Å²) < 4.78 is 4.35. The number of ether oxygens (including phenoxy) is 1. The maximum absolute atomic E-state index is 11.7. The van der Waals surface area contributed by atoms with Crippen LogP contribution in [0.4, 0.5) is 11.4 Å². The SMILES string of the molecule is COC(=O)C(=O)N1CC(=O)Nc2ccccc21. The summed E-state index contributed by atoms with van der Waals surface area (Å²) in [6.45, 7) is -0.190. The van der Waals surface area contributed by atoms with Gasteiger partial charge in [0.2, 0.25) is 5.91 Å². The summed E-state index contributed by atoms with van der Waals surface area (Å²) >= 11 is 0. The Morgan fingerprint density at radius 1 is 1.35 bits per heavy atom. The second-order valence-electron chi connectivity index (χ2n) is 3.45. The summed E-state index contributed by atoms with van der Waals surface area (Å²) in [7, 11) is 1.12. The molecule has 1 N–H and O–H groups in total. The van der Waals surface area contributed by atoms with Crippen LogP contribution < -0.4 is 10.2 Å². The van der Waals surface area contributed by atoms with Gasteiger partial charge in [-0.2, -0.15) is 0 Å². The molecule has 1 aliphatic rings. The first kappa shape index (κ1) is 11.1. The molecule has 88 valence electrons. The van der Waals surface area contributed by atoms with Crippen LogP contribution in [0.1, 0.15) is 0 Å². The van der Waals surface area contributed by atoms with Gasteiger partial charge in [0.15, 0.2) is 0 Å². The van der Waals surface area contributed by atoms with Crippen LogP contribution in [0.3, 0.4) is 0 Å². The Kier molecular flexibility index (Phi) is 2.78. The molecule has 0 radical (unpaired) electrons. The number of para-hydroxylation sites is 2. The number of rotatable bonds is 0. The number of anilines is 2. The molecule has 1 aliphatic heterocycles. The minimum absolute atomic E-state index is 0.190. The Labute approximate surface area is 97.2 Å². The summed E-state index contributed by atoms with van der Waals surface area (Å²) in [6, 6.07) is 6.75. The van der Waals surface area contributed by atoms with Gasteiger partial charge in [0.25, 0.3) is 0 Å². The molecule has 0 fully saturated rings. The number of benzene rings is 1. The first-order valence-corrected chi connectivity index (χ1v) is 4.92. The number of hydrogen-bond donors (Lipinski definition) is 1. The van der Waals surface area contributed by atoms with E-state index in [9.17, 15) is 14.4 Å². The van der Waals surface area contributed by atoms with Gasteiger partial charge in [0.1, 0.15) is 6.54 Å². The number of fused-ring (bicyclic) bond motifs is 1. The molecule has 2 amide bonds. The van der Waals surface area contributed by atoms with E-state index in [0.717, 1.165) is 12.0 Å². The quantitative estimate of drug-likeness (QED) is 0.512. The Morgan fingerprint density at radius 3 is 2.76 bits per heavy atom. The molecule has 6 nitrogen and oxygen atoms in total. The maximum atomic E-state index is 11.7. The van der Waals surface area contributed by atoms with Crippen LogP contribution in [0, 0.1) is 0 Å². The first-order valence-electron chi connectivity index (χ1n) is 4.92. The molecule has 0 bridgehead atoms. The van der Waals surface area contributed by atoms with E-state index in [0.29, 0.717) is 11.4 Å². The molecule has 17 heavy (non-hydrogen) atoms. The molecule has 1 aromatic carbocycles. The van der Waals surface area contributed by atoms with E-state index in [1.165, 1.54) is 0 Å². The highest BCUT2D eigenvalue weighted by Gasteiger charge is 2.30. The van der Waals surface area contributed by atoms with Gasteiger partial charge >= 0.3 is 11.9 Å². The maximum Gasteiger partial charge on any atom is 0.397 e. The molecule has 0 saturated heterocycles. The van der Waals surface area contributed by atoms with Crippen molar-refractivity contribution in [2.45, 2.75) is 0 Å². The Morgan fingerprint density at radius 2 is 2.06 bits per heavy atom. The summed E-state index contributed by atoms with van der Waals surface area (Å²) in [5.41, 5.74) is 0.989. The predicted molar refractivity (Wildman–Crippen MR) is 59.4 cm³/mol. The topological polar surface area (TPSA) is 75.7 Å². The molecular weight excluding hydrogens is 224 g/mol. The Hall–Kier alpha value is -2.37. The number of nitrogens with one attached hydrogen (secondary N) is 1. The fourth-order valence-electron chi connectivity index (χ4n) is 1.61. The first-order chi connectivity index (χ1) is 8.13. The van der Waals surface area contributed by atoms with E-state index in [1.54, 1.807) is 24.3 Å². The van der Waals surface area contributed by atoms with Crippen LogP contribution in [0.5, 0.6) is 0 Å². The molecule has 1 heterocycles. The van der Waals surface area contributed by atoms with Gasteiger partial charge in [-0.05, 0) is 12.1 Å². The summed E-state index contributed by atoms with van der Waals surface area (Å²) in [4.78, 5) is 35.4. The number of methoxy groups -OCH3 is 1. The van der Waals surface area contributed by atoms with Crippen molar-refractivity contribution in [3.8, 4) is 0 Å². The molecule has 6 heteroatoms. The van der Waals surface area contributed by atoms with Gasteiger partial charge < -0.3 is 10.1 Å². The number of carbonyl (C=O) groups excluding carboxylic acids is 3.